The lowest BCUT2D eigenvalue weighted by molar-refractivity contribution is 0.217. The number of carbonyl (C=O) groups excluding carboxylic acids is 1. The number of hydrogen-bond acceptors (Lipinski definition) is 1. The molecule has 0 bridgehead atoms. The van der Waals surface area contributed by atoms with Gasteiger partial charge in [-0.05, 0) is 19.3 Å². The van der Waals surface area contributed by atoms with Gasteiger partial charge in [0.15, 0.2) is 0 Å². The van der Waals surface area contributed by atoms with Gasteiger partial charge in [0.25, 0.3) is 0 Å². The number of unbranched alkanes of at least 4 members (excludes halogenated alkanes) is 7. The second kappa shape index (κ2) is 11.5. The van der Waals surface area contributed by atoms with Crippen LogP contribution in [0.25, 0.3) is 0 Å². The maximum absolute atomic E-state index is 11.2. The van der Waals surface area contributed by atoms with Crippen LogP contribution in [0.1, 0.15) is 51.4 Å². The zero-order valence-electron chi connectivity index (χ0n) is 11.5. The molecule has 17 heavy (non-hydrogen) atoms. The molecule has 0 heterocycles. The van der Waals surface area contributed by atoms with Crippen LogP contribution < -0.4 is 5.32 Å². The quantitative estimate of drug-likeness (QED) is 0.459. The highest BCUT2D eigenvalue weighted by atomic mass is 16.2. The number of nitrogens with zero attached hydrogens (tertiary/aromatic N) is 1. The number of rotatable bonds is 10. The molecule has 0 saturated carbocycles. The monoisotopic (exact) mass is 240 g/mol. The van der Waals surface area contributed by atoms with E-state index in [9.17, 15) is 4.79 Å². The minimum absolute atomic E-state index is 0.00873. The van der Waals surface area contributed by atoms with Crippen LogP contribution in [0.4, 0.5) is 4.79 Å². The molecular formula is C14H28N2O. The summed E-state index contributed by atoms with van der Waals surface area (Å²) in [6.07, 6.45) is 12.0. The Balaban J connectivity index is 3.08. The molecule has 0 saturated heterocycles. The highest BCUT2D eigenvalue weighted by molar-refractivity contribution is 5.73. The second-order valence-corrected chi connectivity index (χ2v) is 4.68. The van der Waals surface area contributed by atoms with Crippen LogP contribution in [0.3, 0.4) is 0 Å². The van der Waals surface area contributed by atoms with Crippen LogP contribution in [0.15, 0.2) is 12.7 Å². The van der Waals surface area contributed by atoms with Gasteiger partial charge in [0, 0.05) is 20.6 Å². The highest BCUT2D eigenvalue weighted by Gasteiger charge is 2.00. The Bertz CT molecular complexity index is 202. The molecule has 2 amide bonds. The fourth-order valence-corrected chi connectivity index (χ4v) is 1.65. The Kier molecular flexibility index (Phi) is 10.8. The predicted molar refractivity (Wildman–Crippen MR) is 74.2 cm³/mol. The molecule has 0 aromatic heterocycles. The first-order chi connectivity index (χ1) is 8.18. The summed E-state index contributed by atoms with van der Waals surface area (Å²) in [4.78, 5) is 12.8. The summed E-state index contributed by atoms with van der Waals surface area (Å²) >= 11 is 0. The summed E-state index contributed by atoms with van der Waals surface area (Å²) in [6.45, 7) is 4.52. The minimum Gasteiger partial charge on any atom is -0.338 e. The summed E-state index contributed by atoms with van der Waals surface area (Å²) in [5, 5.41) is 2.88. The van der Waals surface area contributed by atoms with E-state index in [1.165, 1.54) is 38.5 Å². The lowest BCUT2D eigenvalue weighted by Gasteiger charge is -2.11. The van der Waals surface area contributed by atoms with Crippen molar-refractivity contribution < 1.29 is 4.79 Å². The molecule has 0 aromatic rings. The van der Waals surface area contributed by atoms with Crippen molar-refractivity contribution in [2.24, 2.45) is 0 Å². The van der Waals surface area contributed by atoms with E-state index < -0.39 is 0 Å². The van der Waals surface area contributed by atoms with Crippen molar-refractivity contribution >= 4 is 6.03 Å². The van der Waals surface area contributed by atoms with E-state index in [4.69, 9.17) is 0 Å². The number of amides is 2. The third-order valence-corrected chi connectivity index (χ3v) is 2.77. The van der Waals surface area contributed by atoms with Crippen LogP contribution in [0, 0.1) is 0 Å². The van der Waals surface area contributed by atoms with Gasteiger partial charge < -0.3 is 10.2 Å². The van der Waals surface area contributed by atoms with Gasteiger partial charge in [-0.2, -0.15) is 0 Å². The van der Waals surface area contributed by atoms with E-state index in [0.717, 1.165) is 19.4 Å². The Morgan fingerprint density at radius 1 is 1.06 bits per heavy atom. The first-order valence-electron chi connectivity index (χ1n) is 6.74. The number of hydrogen-bond donors (Lipinski definition) is 1. The molecule has 0 aliphatic heterocycles. The van der Waals surface area contributed by atoms with E-state index in [2.05, 4.69) is 11.9 Å². The van der Waals surface area contributed by atoms with Crippen molar-refractivity contribution in [1.82, 2.24) is 10.2 Å². The average molecular weight is 240 g/mol. The smallest absolute Gasteiger partial charge is 0.316 e. The topological polar surface area (TPSA) is 32.3 Å². The van der Waals surface area contributed by atoms with Crippen molar-refractivity contribution in [2.45, 2.75) is 51.4 Å². The van der Waals surface area contributed by atoms with Gasteiger partial charge in [0.2, 0.25) is 0 Å². The van der Waals surface area contributed by atoms with Crippen LogP contribution in [-0.4, -0.2) is 31.6 Å². The van der Waals surface area contributed by atoms with Crippen LogP contribution >= 0.6 is 0 Å². The van der Waals surface area contributed by atoms with E-state index in [-0.39, 0.29) is 6.03 Å². The maximum atomic E-state index is 11.2. The van der Waals surface area contributed by atoms with Crippen LogP contribution in [-0.2, 0) is 0 Å². The molecule has 0 aromatic carbocycles. The first kappa shape index (κ1) is 16.0. The molecule has 0 fully saturated rings. The molecule has 0 rings (SSSR count). The molecule has 0 aliphatic rings. The molecular weight excluding hydrogens is 212 g/mol. The van der Waals surface area contributed by atoms with Gasteiger partial charge in [-0.1, -0.05) is 38.2 Å². The Hall–Kier alpha value is -0.990. The first-order valence-corrected chi connectivity index (χ1v) is 6.74. The normalized spacial score (nSPS) is 10.0. The number of urea groups is 1. The summed E-state index contributed by atoms with van der Waals surface area (Å²) in [5.74, 6) is 0. The summed E-state index contributed by atoms with van der Waals surface area (Å²) in [6, 6.07) is 0.00873. The average Bonchev–Trinajstić information content (AvgIpc) is 2.31. The standard InChI is InChI=1S/C14H28N2O/c1-4-5-6-7-8-9-10-11-12-13-15-14(17)16(2)3/h4H,1,5-13H2,2-3H3,(H,15,17). The van der Waals surface area contributed by atoms with Crippen molar-refractivity contribution in [3.05, 3.63) is 12.7 Å². The summed E-state index contributed by atoms with van der Waals surface area (Å²) < 4.78 is 0. The molecule has 3 nitrogen and oxygen atoms in total. The van der Waals surface area contributed by atoms with E-state index >= 15 is 0 Å². The molecule has 0 spiro atoms. The van der Waals surface area contributed by atoms with Gasteiger partial charge in [-0.15, -0.1) is 6.58 Å². The zero-order chi connectivity index (χ0) is 12.9. The molecule has 0 unspecified atom stereocenters. The number of allylic oxidation sites excluding steroid dienone is 1. The van der Waals surface area contributed by atoms with Gasteiger partial charge >= 0.3 is 6.03 Å². The van der Waals surface area contributed by atoms with E-state index in [1.54, 1.807) is 19.0 Å². The molecule has 3 heteroatoms. The van der Waals surface area contributed by atoms with Crippen molar-refractivity contribution in [2.75, 3.05) is 20.6 Å². The van der Waals surface area contributed by atoms with E-state index in [0.29, 0.717) is 0 Å². The Morgan fingerprint density at radius 2 is 1.59 bits per heavy atom. The van der Waals surface area contributed by atoms with Gasteiger partial charge in [0.05, 0.1) is 0 Å². The fourth-order valence-electron chi connectivity index (χ4n) is 1.65. The lowest BCUT2D eigenvalue weighted by Crippen LogP contribution is -2.34. The minimum atomic E-state index is 0.00873. The zero-order valence-corrected chi connectivity index (χ0v) is 11.5. The van der Waals surface area contributed by atoms with E-state index in [1.807, 2.05) is 6.08 Å². The predicted octanol–water partition coefficient (Wildman–Crippen LogP) is 3.56. The summed E-state index contributed by atoms with van der Waals surface area (Å²) in [5.41, 5.74) is 0. The molecule has 0 atom stereocenters. The SMILES string of the molecule is C=CCCCCCCCCCNC(=O)N(C)C. The highest BCUT2D eigenvalue weighted by Crippen LogP contribution is 2.08. The van der Waals surface area contributed by atoms with Crippen molar-refractivity contribution in [3.8, 4) is 0 Å². The second-order valence-electron chi connectivity index (χ2n) is 4.68. The Labute approximate surface area is 106 Å². The van der Waals surface area contributed by atoms with Crippen molar-refractivity contribution in [3.63, 3.8) is 0 Å². The third-order valence-electron chi connectivity index (χ3n) is 2.77. The number of carbonyl (C=O) groups is 1. The van der Waals surface area contributed by atoms with Gasteiger partial charge in [-0.3, -0.25) is 0 Å². The fraction of sp³-hybridized carbons (Fsp3) is 0.786. The molecule has 100 valence electrons. The molecule has 0 aliphatic carbocycles. The molecule has 0 radical (unpaired) electrons. The van der Waals surface area contributed by atoms with Crippen LogP contribution in [0.2, 0.25) is 0 Å². The summed E-state index contributed by atoms with van der Waals surface area (Å²) in [7, 11) is 3.52. The lowest BCUT2D eigenvalue weighted by atomic mass is 10.1. The Morgan fingerprint density at radius 3 is 2.12 bits per heavy atom. The molecule has 1 N–H and O–H groups in total. The number of nitrogens with one attached hydrogen (secondary N) is 1. The van der Waals surface area contributed by atoms with Crippen LogP contribution in [0.5, 0.6) is 0 Å². The van der Waals surface area contributed by atoms with Crippen molar-refractivity contribution in [1.29, 1.82) is 0 Å². The largest absolute Gasteiger partial charge is 0.338 e. The van der Waals surface area contributed by atoms with Gasteiger partial charge in [-0.25, -0.2) is 4.79 Å². The van der Waals surface area contributed by atoms with Gasteiger partial charge in [0.1, 0.15) is 0 Å². The maximum Gasteiger partial charge on any atom is 0.316 e. The third kappa shape index (κ3) is 11.3.